The summed E-state index contributed by atoms with van der Waals surface area (Å²) < 4.78 is 12.9. The summed E-state index contributed by atoms with van der Waals surface area (Å²) in [6.07, 6.45) is 2.25. The number of fused-ring (bicyclic) bond motifs is 1. The van der Waals surface area contributed by atoms with Crippen LogP contribution in [0.2, 0.25) is 0 Å². The van der Waals surface area contributed by atoms with Crippen LogP contribution in [0, 0.1) is 0 Å². The molecule has 24 heavy (non-hydrogen) atoms. The highest BCUT2D eigenvalue weighted by atomic mass is 16.5. The van der Waals surface area contributed by atoms with Gasteiger partial charge in [0.1, 0.15) is 5.82 Å². The predicted octanol–water partition coefficient (Wildman–Crippen LogP) is 3.35. The minimum absolute atomic E-state index is 0.00341. The van der Waals surface area contributed by atoms with Crippen molar-refractivity contribution in [1.82, 2.24) is 9.78 Å². The molecule has 0 fully saturated rings. The van der Waals surface area contributed by atoms with Gasteiger partial charge in [0.05, 0.1) is 19.9 Å². The van der Waals surface area contributed by atoms with Crippen LogP contribution in [-0.4, -0.2) is 29.4 Å². The highest BCUT2D eigenvalue weighted by molar-refractivity contribution is 5.94. The number of rotatable bonds is 5. The molecule has 2 aromatic rings. The van der Waals surface area contributed by atoms with Crippen molar-refractivity contribution >= 4 is 11.7 Å². The molecule has 0 spiro atoms. The molecule has 2 heterocycles. The van der Waals surface area contributed by atoms with E-state index in [-0.39, 0.29) is 17.9 Å². The van der Waals surface area contributed by atoms with Crippen molar-refractivity contribution in [2.75, 3.05) is 19.0 Å². The summed E-state index contributed by atoms with van der Waals surface area (Å²) in [6.45, 7) is 6.58. The van der Waals surface area contributed by atoms with Crippen LogP contribution < -0.4 is 14.8 Å². The quantitative estimate of drug-likeness (QED) is 0.913. The Morgan fingerprint density at radius 3 is 2.83 bits per heavy atom. The van der Waals surface area contributed by atoms with Crippen molar-refractivity contribution in [3.05, 3.63) is 35.5 Å². The SMILES string of the molecule is CCOc1cc([C@H]2CC(=O)Nc3c2cnn3C(C)C)ccc1OC. The van der Waals surface area contributed by atoms with Gasteiger partial charge in [-0.15, -0.1) is 0 Å². The van der Waals surface area contributed by atoms with Crippen LogP contribution in [0.3, 0.4) is 0 Å². The minimum Gasteiger partial charge on any atom is -0.493 e. The van der Waals surface area contributed by atoms with Crippen LogP contribution >= 0.6 is 0 Å². The molecule has 0 saturated carbocycles. The van der Waals surface area contributed by atoms with Crippen molar-refractivity contribution in [1.29, 1.82) is 0 Å². The summed E-state index contributed by atoms with van der Waals surface area (Å²) in [7, 11) is 1.62. The van der Waals surface area contributed by atoms with Gasteiger partial charge in [-0.05, 0) is 38.5 Å². The van der Waals surface area contributed by atoms with Crippen molar-refractivity contribution in [3.8, 4) is 11.5 Å². The number of hydrogen-bond acceptors (Lipinski definition) is 4. The second kappa shape index (κ2) is 6.55. The number of aromatic nitrogens is 2. The van der Waals surface area contributed by atoms with Crippen molar-refractivity contribution < 1.29 is 14.3 Å². The maximum Gasteiger partial charge on any atom is 0.226 e. The Balaban J connectivity index is 2.04. The zero-order valence-electron chi connectivity index (χ0n) is 14.5. The number of carbonyl (C=O) groups is 1. The first-order valence-electron chi connectivity index (χ1n) is 8.23. The monoisotopic (exact) mass is 329 g/mol. The first-order chi connectivity index (χ1) is 11.5. The molecule has 0 unspecified atom stereocenters. The van der Waals surface area contributed by atoms with Crippen LogP contribution in [0.1, 0.15) is 50.3 Å². The molecule has 1 aliphatic rings. The zero-order valence-corrected chi connectivity index (χ0v) is 14.5. The van der Waals surface area contributed by atoms with Crippen molar-refractivity contribution in [3.63, 3.8) is 0 Å². The number of ether oxygens (including phenoxy) is 2. The lowest BCUT2D eigenvalue weighted by atomic mass is 9.87. The maximum absolute atomic E-state index is 12.2. The standard InChI is InChI=1S/C18H23N3O3/c1-5-24-16-8-12(6-7-15(16)23-4)13-9-17(22)20-18-14(13)10-19-21(18)11(2)3/h6-8,10-11,13H,5,9H2,1-4H3,(H,20,22)/t13-/m1/s1. The highest BCUT2D eigenvalue weighted by Gasteiger charge is 2.31. The molecular formula is C18H23N3O3. The van der Waals surface area contributed by atoms with Gasteiger partial charge in [-0.1, -0.05) is 6.07 Å². The fourth-order valence-corrected chi connectivity index (χ4v) is 3.11. The zero-order chi connectivity index (χ0) is 17.3. The van der Waals surface area contributed by atoms with E-state index in [0.717, 1.165) is 16.9 Å². The first kappa shape index (κ1) is 16.4. The molecule has 128 valence electrons. The largest absolute Gasteiger partial charge is 0.493 e. The molecule has 3 rings (SSSR count). The van der Waals surface area contributed by atoms with Gasteiger partial charge >= 0.3 is 0 Å². The molecule has 0 bridgehead atoms. The van der Waals surface area contributed by atoms with Crippen LogP contribution in [0.15, 0.2) is 24.4 Å². The molecule has 0 aliphatic carbocycles. The summed E-state index contributed by atoms with van der Waals surface area (Å²) >= 11 is 0. The molecular weight excluding hydrogens is 306 g/mol. The number of amides is 1. The summed E-state index contributed by atoms with van der Waals surface area (Å²) in [5.41, 5.74) is 2.06. The van der Waals surface area contributed by atoms with Gasteiger partial charge in [0.15, 0.2) is 11.5 Å². The van der Waals surface area contributed by atoms with E-state index in [9.17, 15) is 4.79 Å². The number of methoxy groups -OCH3 is 1. The van der Waals surface area contributed by atoms with Gasteiger partial charge in [0.2, 0.25) is 5.91 Å². The fourth-order valence-electron chi connectivity index (χ4n) is 3.11. The third-order valence-corrected chi connectivity index (χ3v) is 4.23. The third-order valence-electron chi connectivity index (χ3n) is 4.23. The molecule has 0 radical (unpaired) electrons. The lowest BCUT2D eigenvalue weighted by Crippen LogP contribution is -2.25. The Kier molecular flexibility index (Phi) is 4.46. The van der Waals surface area contributed by atoms with E-state index in [0.29, 0.717) is 24.5 Å². The van der Waals surface area contributed by atoms with Crippen LogP contribution in [0.5, 0.6) is 11.5 Å². The summed E-state index contributed by atoms with van der Waals surface area (Å²) in [5, 5.41) is 7.40. The van der Waals surface area contributed by atoms with E-state index in [1.54, 1.807) is 7.11 Å². The predicted molar refractivity (Wildman–Crippen MR) is 91.9 cm³/mol. The third kappa shape index (κ3) is 2.84. The topological polar surface area (TPSA) is 65.4 Å². The number of nitrogens with one attached hydrogen (secondary N) is 1. The number of nitrogens with zero attached hydrogens (tertiary/aromatic N) is 2. The second-order valence-electron chi connectivity index (χ2n) is 6.14. The first-order valence-corrected chi connectivity index (χ1v) is 8.23. The van der Waals surface area contributed by atoms with Gasteiger partial charge in [-0.2, -0.15) is 5.10 Å². The Morgan fingerprint density at radius 2 is 2.17 bits per heavy atom. The normalized spacial score (nSPS) is 16.7. The highest BCUT2D eigenvalue weighted by Crippen LogP contribution is 2.40. The van der Waals surface area contributed by atoms with Gasteiger partial charge < -0.3 is 14.8 Å². The summed E-state index contributed by atoms with van der Waals surface area (Å²) in [6, 6.07) is 6.02. The molecule has 6 heteroatoms. The average molecular weight is 329 g/mol. The molecule has 1 aliphatic heterocycles. The molecule has 6 nitrogen and oxygen atoms in total. The lowest BCUT2D eigenvalue weighted by molar-refractivity contribution is -0.116. The van der Waals surface area contributed by atoms with E-state index in [2.05, 4.69) is 10.4 Å². The van der Waals surface area contributed by atoms with Crippen molar-refractivity contribution in [2.24, 2.45) is 0 Å². The molecule has 1 aromatic heterocycles. The van der Waals surface area contributed by atoms with E-state index in [4.69, 9.17) is 9.47 Å². The smallest absolute Gasteiger partial charge is 0.226 e. The van der Waals surface area contributed by atoms with Crippen LogP contribution in [0.25, 0.3) is 0 Å². The average Bonchev–Trinajstić information content (AvgIpc) is 2.98. The molecule has 0 saturated heterocycles. The van der Waals surface area contributed by atoms with Gasteiger partial charge in [0, 0.05) is 23.9 Å². The van der Waals surface area contributed by atoms with Gasteiger partial charge in [-0.25, -0.2) is 4.68 Å². The maximum atomic E-state index is 12.2. The number of carbonyl (C=O) groups excluding carboxylic acids is 1. The number of benzene rings is 1. The summed E-state index contributed by atoms with van der Waals surface area (Å²) in [5.74, 6) is 2.15. The minimum atomic E-state index is -0.0358. The van der Waals surface area contributed by atoms with Gasteiger partial charge in [0.25, 0.3) is 0 Å². The Morgan fingerprint density at radius 1 is 1.38 bits per heavy atom. The van der Waals surface area contributed by atoms with Crippen LogP contribution in [0.4, 0.5) is 5.82 Å². The van der Waals surface area contributed by atoms with Gasteiger partial charge in [-0.3, -0.25) is 4.79 Å². The van der Waals surface area contributed by atoms with E-state index >= 15 is 0 Å². The number of hydrogen-bond donors (Lipinski definition) is 1. The Labute approximate surface area is 141 Å². The Bertz CT molecular complexity index is 752. The molecule has 1 atom stereocenters. The lowest BCUT2D eigenvalue weighted by Gasteiger charge is -2.25. The number of anilines is 1. The molecule has 1 amide bonds. The second-order valence-corrected chi connectivity index (χ2v) is 6.14. The van der Waals surface area contributed by atoms with E-state index < -0.39 is 0 Å². The molecule has 1 N–H and O–H groups in total. The van der Waals surface area contributed by atoms with E-state index in [1.807, 2.05) is 49.8 Å². The van der Waals surface area contributed by atoms with E-state index in [1.165, 1.54) is 0 Å². The molecule has 1 aromatic carbocycles. The fraction of sp³-hybridized carbons (Fsp3) is 0.444. The van der Waals surface area contributed by atoms with Crippen LogP contribution in [-0.2, 0) is 4.79 Å². The summed E-state index contributed by atoms with van der Waals surface area (Å²) in [4.78, 5) is 12.2. The Hall–Kier alpha value is -2.50. The van der Waals surface area contributed by atoms with Crippen molar-refractivity contribution in [2.45, 2.75) is 39.2 Å².